The smallest absolute Gasteiger partial charge is 0.330 e. The molecule has 0 bridgehead atoms. The Balaban J connectivity index is 1.62. The van der Waals surface area contributed by atoms with Crippen molar-refractivity contribution in [1.82, 2.24) is 15.2 Å². The lowest BCUT2D eigenvalue weighted by molar-refractivity contribution is 0.0951. The fourth-order valence-corrected chi connectivity index (χ4v) is 3.45. The number of fused-ring (bicyclic) bond motifs is 3. The lowest BCUT2D eigenvalue weighted by Gasteiger charge is -2.39. The first-order valence-electron chi connectivity index (χ1n) is 9.14. The minimum absolute atomic E-state index is 0.0728. The van der Waals surface area contributed by atoms with Gasteiger partial charge in [-0.15, -0.1) is 0 Å². The van der Waals surface area contributed by atoms with Gasteiger partial charge < -0.3 is 5.32 Å². The number of nitrogens with one attached hydrogen (secondary N) is 1. The van der Waals surface area contributed by atoms with Crippen LogP contribution in [-0.2, 0) is 6.54 Å². The average Bonchev–Trinajstić information content (AvgIpc) is 2.73. The van der Waals surface area contributed by atoms with E-state index in [2.05, 4.69) is 15.3 Å². The van der Waals surface area contributed by atoms with Gasteiger partial charge in [-0.25, -0.2) is 4.79 Å². The Labute approximate surface area is 157 Å². The molecule has 0 fully saturated rings. The standard InChI is InChI=1S/C20H21N5O2/c1-2-24-17-11-15(19(26)23-13-14-5-3-8-21-12-14)6-7-16(17)18-22-9-4-10-25(18)20(24)27/h3,5-8,11-12H,2,4,9-10,13H2,1H3,(H,23,26). The van der Waals surface area contributed by atoms with Gasteiger partial charge in [0.1, 0.15) is 5.84 Å². The summed E-state index contributed by atoms with van der Waals surface area (Å²) in [5, 5.41) is 2.90. The maximum absolute atomic E-state index is 12.8. The first kappa shape index (κ1) is 17.2. The molecule has 3 amide bonds. The van der Waals surface area contributed by atoms with E-state index in [9.17, 15) is 9.59 Å². The van der Waals surface area contributed by atoms with Crippen molar-refractivity contribution in [1.29, 1.82) is 0 Å². The topological polar surface area (TPSA) is 77.9 Å². The lowest BCUT2D eigenvalue weighted by atomic mass is 10.0. The number of aromatic nitrogens is 1. The SMILES string of the molecule is CCN1C(=O)N2CCCN=C2c2ccc(C(=O)NCc3cccnc3)cc21. The quantitative estimate of drug-likeness (QED) is 0.906. The number of hydrogen-bond acceptors (Lipinski definition) is 4. The van der Waals surface area contributed by atoms with Gasteiger partial charge in [-0.2, -0.15) is 0 Å². The molecule has 2 aliphatic rings. The Bertz CT molecular complexity index is 910. The number of nitrogens with zero attached hydrogens (tertiary/aromatic N) is 4. The van der Waals surface area contributed by atoms with Crippen LogP contribution in [0.1, 0.15) is 34.8 Å². The molecule has 0 spiro atoms. The molecule has 4 rings (SSSR count). The highest BCUT2D eigenvalue weighted by Gasteiger charge is 2.35. The third kappa shape index (κ3) is 3.16. The van der Waals surface area contributed by atoms with Crippen molar-refractivity contribution in [3.05, 3.63) is 59.4 Å². The summed E-state index contributed by atoms with van der Waals surface area (Å²) in [6.07, 6.45) is 4.29. The van der Waals surface area contributed by atoms with Gasteiger partial charge in [0.25, 0.3) is 5.91 Å². The molecule has 0 saturated heterocycles. The molecule has 138 valence electrons. The van der Waals surface area contributed by atoms with E-state index in [0.717, 1.165) is 29.8 Å². The number of amides is 3. The van der Waals surface area contributed by atoms with Crippen molar-refractivity contribution in [2.24, 2.45) is 4.99 Å². The number of amidine groups is 1. The number of carbonyl (C=O) groups is 2. The highest BCUT2D eigenvalue weighted by Crippen LogP contribution is 2.31. The molecule has 3 heterocycles. The van der Waals surface area contributed by atoms with Crippen molar-refractivity contribution >= 4 is 23.5 Å². The van der Waals surface area contributed by atoms with Gasteiger partial charge in [-0.1, -0.05) is 6.07 Å². The summed E-state index contributed by atoms with van der Waals surface area (Å²) in [6.45, 7) is 4.28. The van der Waals surface area contributed by atoms with Crippen LogP contribution in [0, 0.1) is 0 Å². The Morgan fingerprint density at radius 2 is 2.19 bits per heavy atom. The molecule has 2 aromatic rings. The minimum atomic E-state index is -0.182. The number of carbonyl (C=O) groups excluding carboxylic acids is 2. The van der Waals surface area contributed by atoms with E-state index in [0.29, 0.717) is 31.0 Å². The van der Waals surface area contributed by atoms with Crippen molar-refractivity contribution in [3.8, 4) is 0 Å². The van der Waals surface area contributed by atoms with E-state index in [-0.39, 0.29) is 11.9 Å². The molecule has 27 heavy (non-hydrogen) atoms. The molecule has 0 saturated carbocycles. The first-order chi connectivity index (χ1) is 13.2. The number of rotatable bonds is 4. The minimum Gasteiger partial charge on any atom is -0.348 e. The maximum Gasteiger partial charge on any atom is 0.330 e. The van der Waals surface area contributed by atoms with Crippen molar-refractivity contribution < 1.29 is 9.59 Å². The third-order valence-electron chi connectivity index (χ3n) is 4.80. The third-order valence-corrected chi connectivity index (χ3v) is 4.80. The summed E-state index contributed by atoms with van der Waals surface area (Å²) < 4.78 is 0. The summed E-state index contributed by atoms with van der Waals surface area (Å²) in [5.41, 5.74) is 3.10. The van der Waals surface area contributed by atoms with Gasteiger partial charge in [0.15, 0.2) is 0 Å². The molecule has 0 atom stereocenters. The van der Waals surface area contributed by atoms with E-state index in [1.165, 1.54) is 0 Å². The van der Waals surface area contributed by atoms with E-state index in [1.54, 1.807) is 34.3 Å². The molecule has 1 aromatic heterocycles. The van der Waals surface area contributed by atoms with E-state index in [4.69, 9.17) is 0 Å². The van der Waals surface area contributed by atoms with Crippen molar-refractivity contribution in [2.75, 3.05) is 24.5 Å². The second kappa shape index (κ2) is 7.19. The van der Waals surface area contributed by atoms with Crippen LogP contribution < -0.4 is 10.2 Å². The summed E-state index contributed by atoms with van der Waals surface area (Å²) >= 11 is 0. The normalized spacial score (nSPS) is 15.7. The maximum atomic E-state index is 12.8. The van der Waals surface area contributed by atoms with Crippen LogP contribution in [0.15, 0.2) is 47.7 Å². The number of aliphatic imine (C=N–C) groups is 1. The number of pyridine rings is 1. The fraction of sp³-hybridized carbons (Fsp3) is 0.300. The van der Waals surface area contributed by atoms with Crippen molar-refractivity contribution in [2.45, 2.75) is 19.9 Å². The van der Waals surface area contributed by atoms with Gasteiger partial charge in [0.2, 0.25) is 0 Å². The van der Waals surface area contributed by atoms with Crippen LogP contribution in [0.25, 0.3) is 0 Å². The van der Waals surface area contributed by atoms with Crippen LogP contribution in [0.3, 0.4) is 0 Å². The molecule has 0 aliphatic carbocycles. The Morgan fingerprint density at radius 1 is 1.30 bits per heavy atom. The first-order valence-corrected chi connectivity index (χ1v) is 9.14. The molecule has 0 radical (unpaired) electrons. The van der Waals surface area contributed by atoms with Crippen LogP contribution >= 0.6 is 0 Å². The van der Waals surface area contributed by atoms with Gasteiger partial charge in [-0.05, 0) is 43.2 Å². The molecule has 1 N–H and O–H groups in total. The predicted octanol–water partition coefficient (Wildman–Crippen LogP) is 2.42. The van der Waals surface area contributed by atoms with E-state index < -0.39 is 0 Å². The van der Waals surface area contributed by atoms with E-state index in [1.807, 2.05) is 25.1 Å². The summed E-state index contributed by atoms with van der Waals surface area (Å²) in [7, 11) is 0. The second-order valence-corrected chi connectivity index (χ2v) is 6.51. The van der Waals surface area contributed by atoms with Gasteiger partial charge in [-0.3, -0.25) is 24.6 Å². The van der Waals surface area contributed by atoms with Crippen LogP contribution in [0.5, 0.6) is 0 Å². The molecule has 2 aliphatic heterocycles. The highest BCUT2D eigenvalue weighted by atomic mass is 16.2. The van der Waals surface area contributed by atoms with Crippen LogP contribution in [0.2, 0.25) is 0 Å². The zero-order chi connectivity index (χ0) is 18.8. The van der Waals surface area contributed by atoms with Gasteiger partial charge in [0.05, 0.1) is 5.69 Å². The summed E-state index contributed by atoms with van der Waals surface area (Å²) in [6, 6.07) is 9.13. The Kier molecular flexibility index (Phi) is 4.58. The largest absolute Gasteiger partial charge is 0.348 e. The fourth-order valence-electron chi connectivity index (χ4n) is 3.45. The summed E-state index contributed by atoms with van der Waals surface area (Å²) in [5.74, 6) is 0.534. The average molecular weight is 363 g/mol. The monoisotopic (exact) mass is 363 g/mol. The van der Waals surface area contributed by atoms with Crippen molar-refractivity contribution in [3.63, 3.8) is 0 Å². The van der Waals surface area contributed by atoms with Crippen LogP contribution in [0.4, 0.5) is 10.5 Å². The zero-order valence-electron chi connectivity index (χ0n) is 15.2. The number of benzene rings is 1. The lowest BCUT2D eigenvalue weighted by Crippen LogP contribution is -2.53. The predicted molar refractivity (Wildman–Crippen MR) is 103 cm³/mol. The Morgan fingerprint density at radius 3 is 2.96 bits per heavy atom. The molecule has 1 aromatic carbocycles. The molecule has 0 unspecified atom stereocenters. The zero-order valence-corrected chi connectivity index (χ0v) is 15.2. The summed E-state index contributed by atoms with van der Waals surface area (Å²) in [4.78, 5) is 37.4. The number of urea groups is 1. The van der Waals surface area contributed by atoms with E-state index >= 15 is 0 Å². The molecular weight excluding hydrogens is 342 g/mol. The van der Waals surface area contributed by atoms with Gasteiger partial charge >= 0.3 is 6.03 Å². The molecule has 7 heteroatoms. The van der Waals surface area contributed by atoms with Gasteiger partial charge in [0, 0.05) is 49.7 Å². The second-order valence-electron chi connectivity index (χ2n) is 6.51. The Hall–Kier alpha value is -3.22. The number of anilines is 1. The highest BCUT2D eigenvalue weighted by molar-refractivity contribution is 6.20. The molecule has 7 nitrogen and oxygen atoms in total. The number of hydrogen-bond donors (Lipinski definition) is 1. The van der Waals surface area contributed by atoms with Crippen LogP contribution in [-0.4, -0.2) is 47.3 Å². The molecular formula is C20H21N5O2.